The third kappa shape index (κ3) is 3.70. The number of aliphatic hydroxyl groups is 4. The SMILES string of the molecule is C=C(/C=C/[C@H](C)[C@H]1CC[C@@H]2[C@]1(C)C[C@H](O)[C@@H]1[C@@]3(C)C[C@H](O)[C@H](O)[C@@H](C)[C@@H]3CC[C@@]21O)C(C)C. The first-order chi connectivity index (χ1) is 15.3. The van der Waals surface area contributed by atoms with Crippen LogP contribution in [0.1, 0.15) is 80.1 Å². The maximum Gasteiger partial charge on any atom is 0.0827 e. The molecule has 0 heterocycles. The predicted octanol–water partition coefficient (Wildman–Crippen LogP) is 4.71. The van der Waals surface area contributed by atoms with Crippen molar-refractivity contribution in [3.8, 4) is 0 Å². The molecule has 0 aromatic carbocycles. The normalized spacial score (nSPS) is 52.9. The van der Waals surface area contributed by atoms with Crippen molar-refractivity contribution in [1.82, 2.24) is 0 Å². The molecule has 0 amide bonds. The molecular formula is C29H48O4. The second-order valence-electron chi connectivity index (χ2n) is 13.2. The standard InChI is InChI=1S/C29H48O4/c1-16(2)17(3)8-9-18(4)20-10-11-24-27(20,6)15-23(31)26-28(7)14-22(30)25(32)19(5)21(28)12-13-29(24,26)33/h8-9,16,18-26,30-33H,3,10-15H2,1-2,4-7H3/b9-8+/t18-,19-,20+,21-,22-,23-,24+,25+,26+,27+,28-,29+/m0/s1. The third-order valence-electron chi connectivity index (χ3n) is 11.2. The molecule has 12 atom stereocenters. The molecule has 0 radical (unpaired) electrons. The van der Waals surface area contributed by atoms with Crippen LogP contribution in [0.5, 0.6) is 0 Å². The van der Waals surface area contributed by atoms with Gasteiger partial charge in [-0.15, -0.1) is 0 Å². The molecule has 0 unspecified atom stereocenters. The molecule has 0 aromatic heterocycles. The molecular weight excluding hydrogens is 412 g/mol. The second-order valence-corrected chi connectivity index (χ2v) is 13.2. The summed E-state index contributed by atoms with van der Waals surface area (Å²) in [5.41, 5.74) is -0.263. The molecule has 188 valence electrons. The average Bonchev–Trinajstić information content (AvgIpc) is 3.06. The van der Waals surface area contributed by atoms with Crippen LogP contribution in [0.2, 0.25) is 0 Å². The smallest absolute Gasteiger partial charge is 0.0827 e. The van der Waals surface area contributed by atoms with Crippen molar-refractivity contribution in [2.45, 2.75) is 104 Å². The lowest BCUT2D eigenvalue weighted by atomic mass is 9.40. The van der Waals surface area contributed by atoms with Gasteiger partial charge in [-0.25, -0.2) is 0 Å². The highest BCUT2D eigenvalue weighted by Crippen LogP contribution is 2.70. The molecule has 4 heteroatoms. The van der Waals surface area contributed by atoms with Gasteiger partial charge in [0.2, 0.25) is 0 Å². The Bertz CT molecular complexity index is 790. The largest absolute Gasteiger partial charge is 0.393 e. The van der Waals surface area contributed by atoms with E-state index in [1.165, 1.54) is 0 Å². The van der Waals surface area contributed by atoms with E-state index in [0.29, 0.717) is 37.0 Å². The fraction of sp³-hybridized carbons (Fsp3) is 0.862. The summed E-state index contributed by atoms with van der Waals surface area (Å²) in [6.45, 7) is 17.3. The second kappa shape index (κ2) is 8.47. The minimum atomic E-state index is -0.918. The molecule has 4 rings (SSSR count). The van der Waals surface area contributed by atoms with Gasteiger partial charge in [0.05, 0.1) is 23.9 Å². The minimum Gasteiger partial charge on any atom is -0.393 e. The van der Waals surface area contributed by atoms with Crippen LogP contribution in [-0.4, -0.2) is 44.3 Å². The summed E-state index contributed by atoms with van der Waals surface area (Å²) in [6.07, 6.45) is 7.11. The Morgan fingerprint density at radius 2 is 1.61 bits per heavy atom. The lowest BCUT2D eigenvalue weighted by Gasteiger charge is -2.67. The van der Waals surface area contributed by atoms with Crippen molar-refractivity contribution in [3.63, 3.8) is 0 Å². The summed E-state index contributed by atoms with van der Waals surface area (Å²) >= 11 is 0. The van der Waals surface area contributed by atoms with E-state index >= 15 is 0 Å². The molecule has 33 heavy (non-hydrogen) atoms. The Labute approximate surface area is 201 Å². The van der Waals surface area contributed by atoms with Crippen molar-refractivity contribution in [2.75, 3.05) is 0 Å². The third-order valence-corrected chi connectivity index (χ3v) is 11.2. The minimum absolute atomic E-state index is 0.0284. The molecule has 0 saturated heterocycles. The molecule has 4 fully saturated rings. The van der Waals surface area contributed by atoms with E-state index in [0.717, 1.165) is 24.8 Å². The zero-order valence-corrected chi connectivity index (χ0v) is 21.7. The van der Waals surface area contributed by atoms with Gasteiger partial charge in [-0.1, -0.05) is 65.8 Å². The van der Waals surface area contributed by atoms with Gasteiger partial charge >= 0.3 is 0 Å². The number of rotatable bonds is 4. The monoisotopic (exact) mass is 460 g/mol. The summed E-state index contributed by atoms with van der Waals surface area (Å²) in [4.78, 5) is 0. The van der Waals surface area contributed by atoms with E-state index in [4.69, 9.17) is 0 Å². The van der Waals surface area contributed by atoms with E-state index in [1.54, 1.807) is 0 Å². The van der Waals surface area contributed by atoms with Gasteiger partial charge in [0, 0.05) is 5.92 Å². The first-order valence-electron chi connectivity index (χ1n) is 13.4. The summed E-state index contributed by atoms with van der Waals surface area (Å²) in [5.74, 6) is 1.30. The van der Waals surface area contributed by atoms with Gasteiger partial charge in [-0.3, -0.25) is 0 Å². The molecule has 0 aliphatic heterocycles. The van der Waals surface area contributed by atoms with E-state index in [9.17, 15) is 20.4 Å². The van der Waals surface area contributed by atoms with Crippen LogP contribution < -0.4 is 0 Å². The van der Waals surface area contributed by atoms with E-state index in [1.807, 2.05) is 6.92 Å². The number of hydrogen-bond acceptors (Lipinski definition) is 4. The first kappa shape index (κ1) is 25.4. The molecule has 4 saturated carbocycles. The molecule has 0 aromatic rings. The van der Waals surface area contributed by atoms with Crippen molar-refractivity contribution in [3.05, 3.63) is 24.3 Å². The van der Waals surface area contributed by atoms with E-state index < -0.39 is 23.9 Å². The van der Waals surface area contributed by atoms with Gasteiger partial charge in [0.1, 0.15) is 0 Å². The highest BCUT2D eigenvalue weighted by Gasteiger charge is 2.70. The molecule has 0 spiro atoms. The summed E-state index contributed by atoms with van der Waals surface area (Å²) in [6, 6.07) is 0. The van der Waals surface area contributed by atoms with Gasteiger partial charge in [0.15, 0.2) is 0 Å². The number of aliphatic hydroxyl groups excluding tert-OH is 3. The average molecular weight is 461 g/mol. The Kier molecular flexibility index (Phi) is 6.52. The maximum absolute atomic E-state index is 12.4. The molecule has 4 N–H and O–H groups in total. The highest BCUT2D eigenvalue weighted by molar-refractivity contribution is 5.22. The highest BCUT2D eigenvalue weighted by atomic mass is 16.3. The van der Waals surface area contributed by atoms with Crippen LogP contribution in [-0.2, 0) is 0 Å². The Morgan fingerprint density at radius 3 is 2.24 bits per heavy atom. The summed E-state index contributed by atoms with van der Waals surface area (Å²) in [7, 11) is 0. The predicted molar refractivity (Wildman–Crippen MR) is 132 cm³/mol. The molecule has 0 bridgehead atoms. The molecule has 4 aliphatic carbocycles. The van der Waals surface area contributed by atoms with Crippen LogP contribution in [0.15, 0.2) is 24.3 Å². The van der Waals surface area contributed by atoms with Crippen molar-refractivity contribution in [1.29, 1.82) is 0 Å². The fourth-order valence-corrected chi connectivity index (χ4v) is 9.55. The summed E-state index contributed by atoms with van der Waals surface area (Å²) < 4.78 is 0. The van der Waals surface area contributed by atoms with E-state index in [-0.39, 0.29) is 34.5 Å². The van der Waals surface area contributed by atoms with Crippen LogP contribution in [0.4, 0.5) is 0 Å². The van der Waals surface area contributed by atoms with Crippen molar-refractivity contribution >= 4 is 0 Å². The van der Waals surface area contributed by atoms with E-state index in [2.05, 4.69) is 53.3 Å². The van der Waals surface area contributed by atoms with Crippen LogP contribution in [0.3, 0.4) is 0 Å². The van der Waals surface area contributed by atoms with Gasteiger partial charge in [-0.05, 0) is 84.9 Å². The fourth-order valence-electron chi connectivity index (χ4n) is 9.55. The van der Waals surface area contributed by atoms with Crippen LogP contribution in [0, 0.1) is 52.3 Å². The Morgan fingerprint density at radius 1 is 0.970 bits per heavy atom. The van der Waals surface area contributed by atoms with Crippen LogP contribution in [0.25, 0.3) is 0 Å². The lowest BCUT2D eigenvalue weighted by Crippen LogP contribution is -2.70. The zero-order chi connectivity index (χ0) is 24.5. The Hall–Kier alpha value is -0.680. The lowest BCUT2D eigenvalue weighted by molar-refractivity contribution is -0.276. The van der Waals surface area contributed by atoms with Crippen molar-refractivity contribution in [2.24, 2.45) is 52.3 Å². The molecule has 4 nitrogen and oxygen atoms in total. The van der Waals surface area contributed by atoms with Gasteiger partial charge < -0.3 is 20.4 Å². The number of hydrogen-bond donors (Lipinski definition) is 4. The summed E-state index contributed by atoms with van der Waals surface area (Å²) in [5, 5.41) is 45.3. The topological polar surface area (TPSA) is 80.9 Å². The Balaban J connectivity index is 1.64. The van der Waals surface area contributed by atoms with Gasteiger partial charge in [-0.2, -0.15) is 0 Å². The van der Waals surface area contributed by atoms with Crippen LogP contribution >= 0.6 is 0 Å². The number of allylic oxidation sites excluding steroid dienone is 3. The zero-order valence-electron chi connectivity index (χ0n) is 21.7. The van der Waals surface area contributed by atoms with Gasteiger partial charge in [0.25, 0.3) is 0 Å². The van der Waals surface area contributed by atoms with Crippen molar-refractivity contribution < 1.29 is 20.4 Å². The first-order valence-corrected chi connectivity index (χ1v) is 13.4. The quantitative estimate of drug-likeness (QED) is 0.458. The number of fused-ring (bicyclic) bond motifs is 5. The maximum atomic E-state index is 12.4. The molecule has 4 aliphatic rings.